The summed E-state index contributed by atoms with van der Waals surface area (Å²) in [6.07, 6.45) is 1.38. The summed E-state index contributed by atoms with van der Waals surface area (Å²) in [5.74, 6) is 0.857. The maximum atomic E-state index is 6.02. The monoisotopic (exact) mass is 309 g/mol. The Morgan fingerprint density at radius 3 is 2.81 bits per heavy atom. The number of nitrogens with two attached hydrogens (primary N) is 1. The van der Waals surface area contributed by atoms with Crippen LogP contribution in [0, 0.1) is 0 Å². The highest BCUT2D eigenvalue weighted by Crippen LogP contribution is 2.36. The van der Waals surface area contributed by atoms with E-state index >= 15 is 0 Å². The molecule has 0 bridgehead atoms. The minimum atomic E-state index is -0.562. The molecule has 7 heteroatoms. The summed E-state index contributed by atoms with van der Waals surface area (Å²) < 4.78 is 16.4. The molecule has 2 N–H and O–H groups in total. The fourth-order valence-corrected chi connectivity index (χ4v) is 2.64. The third-order valence-electron chi connectivity index (χ3n) is 3.81. The van der Waals surface area contributed by atoms with Crippen LogP contribution in [0.4, 0.5) is 5.69 Å². The van der Waals surface area contributed by atoms with Crippen molar-refractivity contribution in [3.63, 3.8) is 0 Å². The van der Waals surface area contributed by atoms with Crippen LogP contribution in [0.2, 0.25) is 5.02 Å². The Bertz CT molecular complexity index is 638. The normalized spacial score (nSPS) is 17.8. The number of hydrogen-bond donors (Lipinski definition) is 1. The molecule has 21 heavy (non-hydrogen) atoms. The first-order valence-electron chi connectivity index (χ1n) is 6.68. The lowest BCUT2D eigenvalue weighted by molar-refractivity contribution is -0.101. The lowest BCUT2D eigenvalue weighted by Crippen LogP contribution is -2.36. The van der Waals surface area contributed by atoms with Gasteiger partial charge in [0, 0.05) is 33.2 Å². The highest BCUT2D eigenvalue weighted by atomic mass is 35.5. The van der Waals surface area contributed by atoms with Crippen LogP contribution in [0.3, 0.4) is 0 Å². The number of nitrogen functional groups attached to an aromatic ring is 1. The Balaban J connectivity index is 1.98. The SMILES string of the molecule is COC1(c2noc(-c3cccc(Cl)c3N)n2)CCOCC1. The van der Waals surface area contributed by atoms with Gasteiger partial charge in [0.2, 0.25) is 5.82 Å². The topological polar surface area (TPSA) is 83.4 Å². The molecule has 0 atom stereocenters. The van der Waals surface area contributed by atoms with E-state index in [0.717, 1.165) is 0 Å². The molecule has 112 valence electrons. The van der Waals surface area contributed by atoms with Crippen molar-refractivity contribution >= 4 is 17.3 Å². The average molecular weight is 310 g/mol. The molecular weight excluding hydrogens is 294 g/mol. The van der Waals surface area contributed by atoms with Gasteiger partial charge in [-0.15, -0.1) is 0 Å². The quantitative estimate of drug-likeness (QED) is 0.877. The first-order chi connectivity index (χ1) is 10.2. The van der Waals surface area contributed by atoms with Crippen LogP contribution >= 0.6 is 11.6 Å². The molecule has 0 aliphatic carbocycles. The molecule has 0 unspecified atom stereocenters. The average Bonchev–Trinajstić information content (AvgIpc) is 3.01. The Morgan fingerprint density at radius 1 is 1.33 bits per heavy atom. The summed E-state index contributed by atoms with van der Waals surface area (Å²) in [5.41, 5.74) is 6.44. The zero-order valence-electron chi connectivity index (χ0n) is 11.6. The predicted octanol–water partition coefficient (Wildman–Crippen LogP) is 2.62. The number of anilines is 1. The number of halogens is 1. The Labute approximate surface area is 127 Å². The molecule has 1 aliphatic rings. The molecule has 1 aromatic carbocycles. The highest BCUT2D eigenvalue weighted by molar-refractivity contribution is 6.33. The number of hydrogen-bond acceptors (Lipinski definition) is 6. The molecule has 1 fully saturated rings. The zero-order valence-corrected chi connectivity index (χ0v) is 12.4. The molecule has 1 aliphatic heterocycles. The molecule has 6 nitrogen and oxygen atoms in total. The van der Waals surface area contributed by atoms with E-state index in [1.807, 2.05) is 0 Å². The Kier molecular flexibility index (Phi) is 3.84. The summed E-state index contributed by atoms with van der Waals surface area (Å²) in [6.45, 7) is 1.22. The molecule has 2 aromatic rings. The smallest absolute Gasteiger partial charge is 0.260 e. The van der Waals surface area contributed by atoms with Gasteiger partial charge in [-0.1, -0.05) is 22.8 Å². The van der Waals surface area contributed by atoms with Gasteiger partial charge in [0.25, 0.3) is 5.89 Å². The van der Waals surface area contributed by atoms with Crippen molar-refractivity contribution in [1.82, 2.24) is 10.1 Å². The van der Waals surface area contributed by atoms with Crippen LogP contribution < -0.4 is 5.73 Å². The maximum absolute atomic E-state index is 6.02. The van der Waals surface area contributed by atoms with E-state index in [9.17, 15) is 0 Å². The third-order valence-corrected chi connectivity index (χ3v) is 4.14. The first kappa shape index (κ1) is 14.3. The van der Waals surface area contributed by atoms with E-state index in [4.69, 9.17) is 31.3 Å². The number of para-hydroxylation sites is 1. The van der Waals surface area contributed by atoms with Gasteiger partial charge in [0.1, 0.15) is 5.60 Å². The molecular formula is C14H16ClN3O3. The fraction of sp³-hybridized carbons (Fsp3) is 0.429. The molecule has 0 spiro atoms. The van der Waals surface area contributed by atoms with Crippen LogP contribution in [0.5, 0.6) is 0 Å². The third kappa shape index (κ3) is 2.50. The van der Waals surface area contributed by atoms with E-state index < -0.39 is 5.60 Å². The van der Waals surface area contributed by atoms with Gasteiger partial charge in [0.15, 0.2) is 0 Å². The fourth-order valence-electron chi connectivity index (χ4n) is 2.46. The van der Waals surface area contributed by atoms with Gasteiger partial charge in [-0.3, -0.25) is 0 Å². The van der Waals surface area contributed by atoms with Gasteiger partial charge in [0.05, 0.1) is 16.3 Å². The van der Waals surface area contributed by atoms with E-state index in [2.05, 4.69) is 10.1 Å². The van der Waals surface area contributed by atoms with Gasteiger partial charge in [-0.25, -0.2) is 0 Å². The minimum Gasteiger partial charge on any atom is -0.397 e. The van der Waals surface area contributed by atoms with Crippen LogP contribution in [-0.4, -0.2) is 30.5 Å². The van der Waals surface area contributed by atoms with Gasteiger partial charge >= 0.3 is 0 Å². The van der Waals surface area contributed by atoms with Crippen molar-refractivity contribution in [2.24, 2.45) is 0 Å². The summed E-state index contributed by atoms with van der Waals surface area (Å²) in [6, 6.07) is 5.30. The molecule has 2 heterocycles. The van der Waals surface area contributed by atoms with Crippen molar-refractivity contribution in [3.05, 3.63) is 29.0 Å². The zero-order chi connectivity index (χ0) is 14.9. The van der Waals surface area contributed by atoms with E-state index in [-0.39, 0.29) is 0 Å². The number of aromatic nitrogens is 2. The highest BCUT2D eigenvalue weighted by Gasteiger charge is 2.39. The number of benzene rings is 1. The lowest BCUT2D eigenvalue weighted by Gasteiger charge is -2.32. The molecule has 0 amide bonds. The van der Waals surface area contributed by atoms with E-state index in [1.165, 1.54) is 0 Å². The molecule has 3 rings (SSSR count). The second-order valence-corrected chi connectivity index (χ2v) is 5.34. The van der Waals surface area contributed by atoms with E-state index in [1.54, 1.807) is 25.3 Å². The second-order valence-electron chi connectivity index (χ2n) is 4.93. The summed E-state index contributed by atoms with van der Waals surface area (Å²) in [7, 11) is 1.65. The second kappa shape index (κ2) is 5.63. The van der Waals surface area contributed by atoms with Crippen molar-refractivity contribution in [2.45, 2.75) is 18.4 Å². The van der Waals surface area contributed by atoms with Gasteiger partial charge in [-0.05, 0) is 12.1 Å². The standard InChI is InChI=1S/C14H16ClN3O3/c1-19-14(5-7-20-8-6-14)13-17-12(21-18-13)9-3-2-4-10(15)11(9)16/h2-4H,5-8,16H2,1H3. The minimum absolute atomic E-state index is 0.341. The van der Waals surface area contributed by atoms with Gasteiger partial charge < -0.3 is 19.7 Å². The van der Waals surface area contributed by atoms with Crippen molar-refractivity contribution < 1.29 is 14.0 Å². The number of methoxy groups -OCH3 is 1. The lowest BCUT2D eigenvalue weighted by atomic mass is 9.93. The molecule has 1 aromatic heterocycles. The molecule has 1 saturated heterocycles. The maximum Gasteiger partial charge on any atom is 0.260 e. The Morgan fingerprint density at radius 2 is 2.10 bits per heavy atom. The van der Waals surface area contributed by atoms with Crippen LogP contribution in [0.25, 0.3) is 11.5 Å². The largest absolute Gasteiger partial charge is 0.397 e. The van der Waals surface area contributed by atoms with Gasteiger partial charge in [-0.2, -0.15) is 4.98 Å². The van der Waals surface area contributed by atoms with Crippen LogP contribution in [0.1, 0.15) is 18.7 Å². The van der Waals surface area contributed by atoms with Crippen molar-refractivity contribution in [3.8, 4) is 11.5 Å². The molecule has 0 saturated carbocycles. The summed E-state index contributed by atoms with van der Waals surface area (Å²) >= 11 is 6.02. The first-order valence-corrected chi connectivity index (χ1v) is 7.05. The predicted molar refractivity (Wildman–Crippen MR) is 77.9 cm³/mol. The number of ether oxygens (including phenoxy) is 2. The van der Waals surface area contributed by atoms with E-state index in [0.29, 0.717) is 54.0 Å². The molecule has 0 radical (unpaired) electrons. The number of nitrogens with zero attached hydrogens (tertiary/aromatic N) is 2. The van der Waals surface area contributed by atoms with Crippen molar-refractivity contribution in [2.75, 3.05) is 26.1 Å². The van der Waals surface area contributed by atoms with Crippen molar-refractivity contribution in [1.29, 1.82) is 0 Å². The number of rotatable bonds is 3. The summed E-state index contributed by atoms with van der Waals surface area (Å²) in [5, 5.41) is 4.52. The summed E-state index contributed by atoms with van der Waals surface area (Å²) in [4.78, 5) is 4.45. The van der Waals surface area contributed by atoms with Crippen LogP contribution in [0.15, 0.2) is 22.7 Å². The Hall–Kier alpha value is -1.63. The van der Waals surface area contributed by atoms with Crippen LogP contribution in [-0.2, 0) is 15.1 Å².